The lowest BCUT2D eigenvalue weighted by molar-refractivity contribution is -0.122. The van der Waals surface area contributed by atoms with Crippen LogP contribution >= 0.6 is 0 Å². The van der Waals surface area contributed by atoms with Gasteiger partial charge in [-0.3, -0.25) is 9.69 Å². The highest BCUT2D eigenvalue weighted by atomic mass is 32.2. The Morgan fingerprint density at radius 1 is 1.56 bits per heavy atom. The van der Waals surface area contributed by atoms with Crippen LogP contribution in [-0.4, -0.2) is 68.6 Å². The van der Waals surface area contributed by atoms with Crippen molar-refractivity contribution >= 4 is 15.7 Å². The van der Waals surface area contributed by atoms with Gasteiger partial charge in [0.15, 0.2) is 9.84 Å². The molecule has 1 amide bonds. The number of amides is 1. The van der Waals surface area contributed by atoms with Gasteiger partial charge in [-0.2, -0.15) is 0 Å². The van der Waals surface area contributed by atoms with Crippen LogP contribution in [0.4, 0.5) is 0 Å². The predicted molar refractivity (Wildman–Crippen MR) is 59.8 cm³/mol. The average Bonchev–Trinajstić information content (AvgIpc) is 2.45. The molecule has 1 atom stereocenters. The van der Waals surface area contributed by atoms with Crippen molar-refractivity contribution in [3.05, 3.63) is 0 Å². The van der Waals surface area contributed by atoms with Gasteiger partial charge in [-0.1, -0.05) is 0 Å². The van der Waals surface area contributed by atoms with Gasteiger partial charge in [0.1, 0.15) is 0 Å². The summed E-state index contributed by atoms with van der Waals surface area (Å²) >= 11 is 0. The first-order valence-electron chi connectivity index (χ1n) is 5.22. The Hall–Kier alpha value is -0.660. The molecule has 6 nitrogen and oxygen atoms in total. The molecule has 7 heteroatoms. The Morgan fingerprint density at radius 3 is 2.75 bits per heavy atom. The Morgan fingerprint density at radius 2 is 2.25 bits per heavy atom. The molecule has 0 aromatic heterocycles. The van der Waals surface area contributed by atoms with E-state index in [0.717, 1.165) is 0 Å². The second-order valence-corrected chi connectivity index (χ2v) is 6.36. The number of hydrogen-bond acceptors (Lipinski definition) is 5. The summed E-state index contributed by atoms with van der Waals surface area (Å²) in [6, 6.07) is -0.250. The average molecular weight is 250 g/mol. The van der Waals surface area contributed by atoms with Gasteiger partial charge in [0.2, 0.25) is 5.91 Å². The topological polar surface area (TPSA) is 86.7 Å². The van der Waals surface area contributed by atoms with E-state index < -0.39 is 9.84 Å². The molecule has 0 saturated carbocycles. The minimum absolute atomic E-state index is 0.00158. The fourth-order valence-corrected chi connectivity index (χ4v) is 3.35. The molecule has 16 heavy (non-hydrogen) atoms. The lowest BCUT2D eigenvalue weighted by atomic mass is 10.2. The quantitative estimate of drug-likeness (QED) is 0.602. The van der Waals surface area contributed by atoms with E-state index in [1.807, 2.05) is 0 Å². The number of nitrogens with one attached hydrogen (secondary N) is 1. The van der Waals surface area contributed by atoms with Crippen LogP contribution in [-0.2, 0) is 14.6 Å². The summed E-state index contributed by atoms with van der Waals surface area (Å²) in [4.78, 5) is 13.1. The molecule has 1 saturated heterocycles. The highest BCUT2D eigenvalue weighted by Gasteiger charge is 2.28. The van der Waals surface area contributed by atoms with Crippen LogP contribution in [0.3, 0.4) is 0 Å². The lowest BCUT2D eigenvalue weighted by Gasteiger charge is -2.16. The van der Waals surface area contributed by atoms with Crippen molar-refractivity contribution in [3.63, 3.8) is 0 Å². The Bertz CT molecular complexity index is 341. The van der Waals surface area contributed by atoms with Crippen molar-refractivity contribution in [1.82, 2.24) is 10.2 Å². The van der Waals surface area contributed by atoms with Crippen LogP contribution < -0.4 is 5.32 Å². The summed E-state index contributed by atoms with van der Waals surface area (Å²) in [5.74, 6) is 0.00502. The molecular weight excluding hydrogens is 232 g/mol. The molecule has 1 heterocycles. The van der Waals surface area contributed by atoms with E-state index in [0.29, 0.717) is 13.0 Å². The van der Waals surface area contributed by atoms with Crippen LogP contribution in [0.2, 0.25) is 0 Å². The van der Waals surface area contributed by atoms with E-state index in [1.165, 1.54) is 0 Å². The van der Waals surface area contributed by atoms with Gasteiger partial charge in [-0.25, -0.2) is 8.42 Å². The van der Waals surface area contributed by atoms with Crippen molar-refractivity contribution in [1.29, 1.82) is 0 Å². The summed E-state index contributed by atoms with van der Waals surface area (Å²) < 4.78 is 22.3. The van der Waals surface area contributed by atoms with Crippen molar-refractivity contribution in [3.8, 4) is 0 Å². The lowest BCUT2D eigenvalue weighted by Crippen LogP contribution is -2.42. The normalized spacial score (nSPS) is 23.6. The van der Waals surface area contributed by atoms with Gasteiger partial charge in [0, 0.05) is 12.6 Å². The molecule has 1 rings (SSSR count). The van der Waals surface area contributed by atoms with Gasteiger partial charge in [0.25, 0.3) is 0 Å². The second-order valence-electron chi connectivity index (χ2n) is 4.13. The Labute approximate surface area is 95.5 Å². The summed E-state index contributed by atoms with van der Waals surface area (Å²) in [6.45, 7) is 0.606. The number of carbonyl (C=O) groups excluding carboxylic acids is 1. The highest BCUT2D eigenvalue weighted by Crippen LogP contribution is 2.10. The molecule has 0 bridgehead atoms. The maximum atomic E-state index is 11.5. The predicted octanol–water partition coefficient (Wildman–Crippen LogP) is -1.79. The van der Waals surface area contributed by atoms with Crippen LogP contribution in [0.5, 0.6) is 0 Å². The molecule has 1 unspecified atom stereocenters. The van der Waals surface area contributed by atoms with Crippen LogP contribution in [0.1, 0.15) is 6.42 Å². The number of aliphatic hydroxyl groups excluding tert-OH is 1. The van der Waals surface area contributed by atoms with Gasteiger partial charge < -0.3 is 10.4 Å². The molecule has 0 radical (unpaired) electrons. The molecule has 0 aromatic carbocycles. The minimum atomic E-state index is -2.95. The molecule has 0 aromatic rings. The zero-order chi connectivity index (χ0) is 12.2. The molecule has 1 fully saturated rings. The van der Waals surface area contributed by atoms with Crippen molar-refractivity contribution in [2.75, 3.05) is 38.2 Å². The number of hydrogen-bond donors (Lipinski definition) is 2. The van der Waals surface area contributed by atoms with E-state index >= 15 is 0 Å². The molecule has 1 aliphatic heterocycles. The minimum Gasteiger partial charge on any atom is -0.395 e. The number of nitrogens with zero attached hydrogens (tertiary/aromatic N) is 1. The standard InChI is InChI=1S/C9H18N2O4S/c1-11(3-4-12)6-9(13)10-8-2-5-16(14,15)7-8/h8,12H,2-7H2,1H3,(H,10,13). The fourth-order valence-electron chi connectivity index (χ4n) is 1.68. The van der Waals surface area contributed by atoms with Crippen LogP contribution in [0.15, 0.2) is 0 Å². The zero-order valence-electron chi connectivity index (χ0n) is 9.35. The van der Waals surface area contributed by atoms with E-state index in [4.69, 9.17) is 5.11 Å². The van der Waals surface area contributed by atoms with Crippen molar-refractivity contribution in [2.45, 2.75) is 12.5 Å². The largest absolute Gasteiger partial charge is 0.395 e. The van der Waals surface area contributed by atoms with Gasteiger partial charge in [-0.15, -0.1) is 0 Å². The summed E-state index contributed by atoms with van der Waals surface area (Å²) in [7, 11) is -1.22. The Balaban J connectivity index is 2.30. The third-order valence-corrected chi connectivity index (χ3v) is 4.26. The monoisotopic (exact) mass is 250 g/mol. The molecule has 1 aliphatic rings. The van der Waals surface area contributed by atoms with Crippen LogP contribution in [0, 0.1) is 0 Å². The van der Waals surface area contributed by atoms with E-state index in [9.17, 15) is 13.2 Å². The Kier molecular flexibility index (Phi) is 4.69. The van der Waals surface area contributed by atoms with Gasteiger partial charge in [0.05, 0.1) is 24.7 Å². The summed E-state index contributed by atoms with van der Waals surface area (Å²) in [6.07, 6.45) is 0.498. The molecule has 0 spiro atoms. The molecule has 94 valence electrons. The molecule has 0 aliphatic carbocycles. The molecular formula is C9H18N2O4S. The van der Waals surface area contributed by atoms with E-state index in [1.54, 1.807) is 11.9 Å². The van der Waals surface area contributed by atoms with Crippen LogP contribution in [0.25, 0.3) is 0 Å². The van der Waals surface area contributed by atoms with Crippen molar-refractivity contribution in [2.24, 2.45) is 0 Å². The van der Waals surface area contributed by atoms with E-state index in [-0.39, 0.29) is 36.6 Å². The first kappa shape index (κ1) is 13.4. The maximum Gasteiger partial charge on any atom is 0.234 e. The number of aliphatic hydroxyl groups is 1. The third kappa shape index (κ3) is 4.46. The number of likely N-dealkylation sites (N-methyl/N-ethyl adjacent to an activating group) is 1. The zero-order valence-corrected chi connectivity index (χ0v) is 10.2. The number of rotatable bonds is 5. The summed E-state index contributed by atoms with van der Waals surface area (Å²) in [5.41, 5.74) is 0. The maximum absolute atomic E-state index is 11.5. The first-order valence-corrected chi connectivity index (χ1v) is 7.04. The van der Waals surface area contributed by atoms with E-state index in [2.05, 4.69) is 5.32 Å². The van der Waals surface area contributed by atoms with Crippen molar-refractivity contribution < 1.29 is 18.3 Å². The fraction of sp³-hybridized carbons (Fsp3) is 0.889. The summed E-state index contributed by atoms with van der Waals surface area (Å²) in [5, 5.41) is 11.3. The SMILES string of the molecule is CN(CCO)CC(=O)NC1CCS(=O)(=O)C1. The first-order chi connectivity index (χ1) is 7.43. The smallest absolute Gasteiger partial charge is 0.234 e. The third-order valence-electron chi connectivity index (χ3n) is 2.49. The number of carbonyl (C=O) groups is 1. The second kappa shape index (κ2) is 5.60. The molecule has 2 N–H and O–H groups in total. The number of sulfone groups is 1. The highest BCUT2D eigenvalue weighted by molar-refractivity contribution is 7.91. The van der Waals surface area contributed by atoms with Gasteiger partial charge in [-0.05, 0) is 13.5 Å². The van der Waals surface area contributed by atoms with Gasteiger partial charge >= 0.3 is 0 Å².